The minimum absolute atomic E-state index is 0.0327. The third-order valence-electron chi connectivity index (χ3n) is 4.22. The van der Waals surface area contributed by atoms with Crippen LogP contribution in [0.25, 0.3) is 0 Å². The van der Waals surface area contributed by atoms with Crippen molar-refractivity contribution in [2.24, 2.45) is 0 Å². The van der Waals surface area contributed by atoms with Crippen LogP contribution in [0.2, 0.25) is 5.02 Å². The Hall–Kier alpha value is -2.73. The quantitative estimate of drug-likeness (QED) is 0.846. The van der Waals surface area contributed by atoms with Gasteiger partial charge in [-0.1, -0.05) is 35.9 Å². The Morgan fingerprint density at radius 3 is 2.85 bits per heavy atom. The maximum atomic E-state index is 12.3. The Morgan fingerprint density at radius 1 is 1.27 bits per heavy atom. The van der Waals surface area contributed by atoms with Crippen molar-refractivity contribution in [1.29, 1.82) is 0 Å². The summed E-state index contributed by atoms with van der Waals surface area (Å²) < 4.78 is 5.20. The molecular formula is C19H20ClN3O3. The second-order valence-corrected chi connectivity index (χ2v) is 6.43. The molecule has 0 bridgehead atoms. The van der Waals surface area contributed by atoms with Gasteiger partial charge in [0.1, 0.15) is 5.75 Å². The Labute approximate surface area is 157 Å². The van der Waals surface area contributed by atoms with Crippen LogP contribution in [-0.2, 0) is 11.3 Å². The lowest BCUT2D eigenvalue weighted by Gasteiger charge is -2.18. The minimum Gasteiger partial charge on any atom is -0.497 e. The number of amides is 3. The van der Waals surface area contributed by atoms with Crippen LogP contribution in [0.15, 0.2) is 48.5 Å². The first kappa shape index (κ1) is 18.1. The molecule has 3 rings (SSSR count). The highest BCUT2D eigenvalue weighted by molar-refractivity contribution is 6.31. The number of carbonyl (C=O) groups is 2. The first-order valence-electron chi connectivity index (χ1n) is 8.29. The molecule has 1 aliphatic rings. The molecule has 0 aliphatic carbocycles. The van der Waals surface area contributed by atoms with Gasteiger partial charge in [-0.05, 0) is 23.8 Å². The van der Waals surface area contributed by atoms with Gasteiger partial charge in [0.15, 0.2) is 0 Å². The maximum Gasteiger partial charge on any atom is 0.315 e. The highest BCUT2D eigenvalue weighted by Crippen LogP contribution is 2.25. The summed E-state index contributed by atoms with van der Waals surface area (Å²) in [6.45, 7) is 0.747. The van der Waals surface area contributed by atoms with Crippen molar-refractivity contribution in [3.05, 3.63) is 59.1 Å². The van der Waals surface area contributed by atoms with Crippen molar-refractivity contribution in [1.82, 2.24) is 10.6 Å². The summed E-state index contributed by atoms with van der Waals surface area (Å²) in [7, 11) is 1.58. The Kier molecular flexibility index (Phi) is 5.63. The highest BCUT2D eigenvalue weighted by atomic mass is 35.5. The average Bonchev–Trinajstić information content (AvgIpc) is 3.01. The molecule has 1 fully saturated rings. The molecule has 2 aromatic rings. The van der Waals surface area contributed by atoms with Crippen LogP contribution < -0.4 is 20.3 Å². The van der Waals surface area contributed by atoms with E-state index in [9.17, 15) is 9.59 Å². The molecule has 1 unspecified atom stereocenters. The second kappa shape index (κ2) is 8.10. The molecule has 26 heavy (non-hydrogen) atoms. The monoisotopic (exact) mass is 373 g/mol. The topological polar surface area (TPSA) is 70.7 Å². The van der Waals surface area contributed by atoms with Crippen molar-refractivity contribution < 1.29 is 14.3 Å². The molecule has 6 nitrogen and oxygen atoms in total. The molecule has 1 aliphatic heterocycles. The number of ether oxygens (including phenoxy) is 1. The fourth-order valence-electron chi connectivity index (χ4n) is 2.89. The predicted molar refractivity (Wildman–Crippen MR) is 101 cm³/mol. The molecule has 2 aromatic carbocycles. The fourth-order valence-corrected chi connectivity index (χ4v) is 3.09. The smallest absolute Gasteiger partial charge is 0.315 e. The second-order valence-electron chi connectivity index (χ2n) is 6.03. The molecule has 0 radical (unpaired) electrons. The Bertz CT molecular complexity index is 812. The average molecular weight is 374 g/mol. The number of halogens is 1. The first-order valence-corrected chi connectivity index (χ1v) is 8.67. The molecule has 136 valence electrons. The molecule has 1 atom stereocenters. The molecule has 0 saturated carbocycles. The van der Waals surface area contributed by atoms with Crippen molar-refractivity contribution in [3.8, 4) is 5.75 Å². The number of methoxy groups -OCH3 is 1. The lowest BCUT2D eigenvalue weighted by Crippen LogP contribution is -2.43. The lowest BCUT2D eigenvalue weighted by atomic mass is 10.2. The summed E-state index contributed by atoms with van der Waals surface area (Å²) in [4.78, 5) is 26.1. The summed E-state index contributed by atoms with van der Waals surface area (Å²) in [5.74, 6) is 0.652. The summed E-state index contributed by atoms with van der Waals surface area (Å²) in [5, 5.41) is 6.22. The molecule has 7 heteroatoms. The Morgan fingerprint density at radius 2 is 2.08 bits per heavy atom. The SMILES string of the molecule is COc1cccc(N2CC(NC(=O)NCc3ccccc3Cl)CC2=O)c1. The molecule has 0 spiro atoms. The van der Waals surface area contributed by atoms with Gasteiger partial charge in [0.25, 0.3) is 0 Å². The van der Waals surface area contributed by atoms with Crippen molar-refractivity contribution in [3.63, 3.8) is 0 Å². The van der Waals surface area contributed by atoms with Gasteiger partial charge in [-0.3, -0.25) is 4.79 Å². The van der Waals surface area contributed by atoms with E-state index in [-0.39, 0.29) is 24.4 Å². The van der Waals surface area contributed by atoms with Crippen LogP contribution in [0.5, 0.6) is 5.75 Å². The largest absolute Gasteiger partial charge is 0.497 e. The van der Waals surface area contributed by atoms with Crippen LogP contribution >= 0.6 is 11.6 Å². The van der Waals surface area contributed by atoms with Crippen LogP contribution in [0.1, 0.15) is 12.0 Å². The predicted octanol–water partition coefficient (Wildman–Crippen LogP) is 2.95. The van der Waals surface area contributed by atoms with Crippen LogP contribution in [0.4, 0.5) is 10.5 Å². The molecule has 1 heterocycles. The van der Waals surface area contributed by atoms with E-state index in [2.05, 4.69) is 10.6 Å². The number of anilines is 1. The van der Waals surface area contributed by atoms with Crippen LogP contribution in [0.3, 0.4) is 0 Å². The van der Waals surface area contributed by atoms with E-state index in [1.54, 1.807) is 24.1 Å². The number of nitrogens with one attached hydrogen (secondary N) is 2. The fraction of sp³-hybridized carbons (Fsp3) is 0.263. The number of hydrogen-bond donors (Lipinski definition) is 2. The van der Waals surface area contributed by atoms with Crippen molar-refractivity contribution in [2.45, 2.75) is 19.0 Å². The first-order chi connectivity index (χ1) is 12.6. The van der Waals surface area contributed by atoms with E-state index in [0.29, 0.717) is 23.9 Å². The van der Waals surface area contributed by atoms with E-state index >= 15 is 0 Å². The minimum atomic E-state index is -0.324. The summed E-state index contributed by atoms with van der Waals surface area (Å²) in [5.41, 5.74) is 1.60. The zero-order chi connectivity index (χ0) is 18.5. The highest BCUT2D eigenvalue weighted by Gasteiger charge is 2.31. The number of nitrogens with zero attached hydrogens (tertiary/aromatic N) is 1. The van der Waals surface area contributed by atoms with Gasteiger partial charge in [0, 0.05) is 36.3 Å². The van der Waals surface area contributed by atoms with E-state index in [1.165, 1.54) is 0 Å². The summed E-state index contributed by atoms with van der Waals surface area (Å²) in [6, 6.07) is 14.1. The number of benzene rings is 2. The molecule has 0 aromatic heterocycles. The number of rotatable bonds is 5. The lowest BCUT2D eigenvalue weighted by molar-refractivity contribution is -0.117. The van der Waals surface area contributed by atoms with Crippen LogP contribution in [-0.4, -0.2) is 31.6 Å². The number of hydrogen-bond acceptors (Lipinski definition) is 3. The maximum absolute atomic E-state index is 12.3. The van der Waals surface area contributed by atoms with Gasteiger partial charge >= 0.3 is 6.03 Å². The zero-order valence-electron chi connectivity index (χ0n) is 14.4. The molecule has 3 amide bonds. The normalized spacial score (nSPS) is 16.5. The number of carbonyl (C=O) groups excluding carboxylic acids is 2. The van der Waals surface area contributed by atoms with E-state index < -0.39 is 0 Å². The van der Waals surface area contributed by atoms with E-state index in [1.807, 2.05) is 36.4 Å². The Balaban J connectivity index is 1.55. The van der Waals surface area contributed by atoms with Gasteiger partial charge in [-0.2, -0.15) is 0 Å². The van der Waals surface area contributed by atoms with Crippen LogP contribution in [0, 0.1) is 0 Å². The third-order valence-corrected chi connectivity index (χ3v) is 4.59. The molecule has 2 N–H and O–H groups in total. The van der Waals surface area contributed by atoms with Gasteiger partial charge in [-0.25, -0.2) is 4.79 Å². The number of urea groups is 1. The standard InChI is InChI=1S/C19H20ClN3O3/c1-26-16-7-4-6-15(10-16)23-12-14(9-18(23)24)22-19(25)21-11-13-5-2-3-8-17(13)20/h2-8,10,14H,9,11-12H2,1H3,(H2,21,22,25). The van der Waals surface area contributed by atoms with Gasteiger partial charge in [0.05, 0.1) is 13.2 Å². The third kappa shape index (κ3) is 4.26. The van der Waals surface area contributed by atoms with Gasteiger partial charge in [0.2, 0.25) is 5.91 Å². The van der Waals surface area contributed by atoms with Gasteiger partial charge < -0.3 is 20.3 Å². The summed E-state index contributed by atoms with van der Waals surface area (Å²) >= 11 is 6.08. The van der Waals surface area contributed by atoms with E-state index in [4.69, 9.17) is 16.3 Å². The van der Waals surface area contributed by atoms with Crippen molar-refractivity contribution in [2.75, 3.05) is 18.6 Å². The van der Waals surface area contributed by atoms with Gasteiger partial charge in [-0.15, -0.1) is 0 Å². The van der Waals surface area contributed by atoms with Crippen molar-refractivity contribution >= 4 is 29.2 Å². The molecule has 1 saturated heterocycles. The molecular weight excluding hydrogens is 354 g/mol. The summed E-state index contributed by atoms with van der Waals surface area (Å²) in [6.07, 6.45) is 0.261. The van der Waals surface area contributed by atoms with E-state index in [0.717, 1.165) is 11.3 Å². The zero-order valence-corrected chi connectivity index (χ0v) is 15.1.